The number of carboxylic acids is 1. The summed E-state index contributed by atoms with van der Waals surface area (Å²) >= 11 is 0. The number of carbonyl (C=O) groups is 1. The monoisotopic (exact) mass is 274 g/mol. The molecule has 1 aromatic heterocycles. The van der Waals surface area contributed by atoms with Crippen molar-refractivity contribution in [1.82, 2.24) is 0 Å². The van der Waals surface area contributed by atoms with E-state index in [0.29, 0.717) is 11.4 Å². The smallest absolute Gasteiger partial charge is 0.335 e. The number of nitrogens with two attached hydrogens (primary N) is 1. The van der Waals surface area contributed by atoms with Crippen LogP contribution < -0.4 is 11.1 Å². The predicted octanol–water partition coefficient (Wildman–Crippen LogP) is 2.99. The number of hydrogen-bond donors (Lipinski definition) is 3. The van der Waals surface area contributed by atoms with Gasteiger partial charge in [-0.2, -0.15) is 0 Å². The van der Waals surface area contributed by atoms with Crippen molar-refractivity contribution in [3.05, 3.63) is 47.9 Å². The van der Waals surface area contributed by atoms with Gasteiger partial charge < -0.3 is 20.6 Å². The molecule has 0 aliphatic heterocycles. The van der Waals surface area contributed by atoms with E-state index in [-0.39, 0.29) is 11.6 Å². The summed E-state index contributed by atoms with van der Waals surface area (Å²) in [5.74, 6) is -0.0257. The first-order valence-electron chi connectivity index (χ1n) is 6.48. The van der Waals surface area contributed by atoms with Gasteiger partial charge in [0.05, 0.1) is 23.2 Å². The number of furan rings is 1. The number of aryl methyl sites for hydroxylation is 1. The van der Waals surface area contributed by atoms with E-state index in [0.717, 1.165) is 18.6 Å². The summed E-state index contributed by atoms with van der Waals surface area (Å²) in [5.41, 5.74) is 7.27. The van der Waals surface area contributed by atoms with Gasteiger partial charge in [-0.05, 0) is 43.7 Å². The van der Waals surface area contributed by atoms with E-state index >= 15 is 0 Å². The second-order valence-corrected chi connectivity index (χ2v) is 4.77. The molecular formula is C15H18N2O3. The molecule has 0 spiro atoms. The third-order valence-corrected chi connectivity index (χ3v) is 3.11. The van der Waals surface area contributed by atoms with Crippen molar-refractivity contribution in [3.8, 4) is 0 Å². The lowest BCUT2D eigenvalue weighted by atomic mass is 10.1. The molecule has 0 bridgehead atoms. The van der Waals surface area contributed by atoms with Gasteiger partial charge in [-0.25, -0.2) is 4.79 Å². The Labute approximate surface area is 117 Å². The number of hydrogen-bond acceptors (Lipinski definition) is 4. The van der Waals surface area contributed by atoms with Gasteiger partial charge in [-0.1, -0.05) is 0 Å². The van der Waals surface area contributed by atoms with E-state index in [1.54, 1.807) is 18.4 Å². The Kier molecular flexibility index (Phi) is 4.30. The average Bonchev–Trinajstić information content (AvgIpc) is 2.92. The zero-order chi connectivity index (χ0) is 14.5. The van der Waals surface area contributed by atoms with E-state index in [2.05, 4.69) is 5.32 Å². The maximum Gasteiger partial charge on any atom is 0.335 e. The van der Waals surface area contributed by atoms with Gasteiger partial charge in [0.1, 0.15) is 5.76 Å². The molecule has 0 aliphatic carbocycles. The largest absolute Gasteiger partial charge is 0.478 e. The third-order valence-electron chi connectivity index (χ3n) is 3.11. The first kappa shape index (κ1) is 14.0. The van der Waals surface area contributed by atoms with Crippen LogP contribution in [0.25, 0.3) is 0 Å². The highest BCUT2D eigenvalue weighted by molar-refractivity contribution is 5.90. The maximum atomic E-state index is 11.0. The van der Waals surface area contributed by atoms with E-state index in [1.807, 2.05) is 19.1 Å². The number of anilines is 2. The average molecular weight is 274 g/mol. The lowest BCUT2D eigenvalue weighted by molar-refractivity contribution is 0.0697. The normalized spacial score (nSPS) is 12.1. The van der Waals surface area contributed by atoms with Gasteiger partial charge in [-0.15, -0.1) is 0 Å². The quantitative estimate of drug-likeness (QED) is 0.705. The maximum absolute atomic E-state index is 11.0. The second kappa shape index (κ2) is 6.14. The number of aromatic carboxylic acids is 1. The highest BCUT2D eigenvalue weighted by Gasteiger charge is 2.09. The SMILES string of the molecule is CC(CCc1ccco1)Nc1cc(C(=O)O)ccc1N. The third kappa shape index (κ3) is 3.54. The van der Waals surface area contributed by atoms with Crippen molar-refractivity contribution in [2.24, 2.45) is 0 Å². The Hall–Kier alpha value is -2.43. The Morgan fingerprint density at radius 1 is 1.45 bits per heavy atom. The van der Waals surface area contributed by atoms with Crippen LogP contribution >= 0.6 is 0 Å². The highest BCUT2D eigenvalue weighted by Crippen LogP contribution is 2.22. The minimum atomic E-state index is -0.962. The summed E-state index contributed by atoms with van der Waals surface area (Å²) in [6, 6.07) is 8.61. The van der Waals surface area contributed by atoms with Crippen LogP contribution in [-0.2, 0) is 6.42 Å². The van der Waals surface area contributed by atoms with Crippen LogP contribution in [0.2, 0.25) is 0 Å². The molecule has 20 heavy (non-hydrogen) atoms. The highest BCUT2D eigenvalue weighted by atomic mass is 16.4. The molecule has 0 fully saturated rings. The van der Waals surface area contributed by atoms with Crippen molar-refractivity contribution in [2.45, 2.75) is 25.8 Å². The molecule has 5 heteroatoms. The van der Waals surface area contributed by atoms with E-state index in [9.17, 15) is 4.79 Å². The summed E-state index contributed by atoms with van der Waals surface area (Å²) in [5, 5.41) is 12.2. The minimum Gasteiger partial charge on any atom is -0.478 e. The first-order valence-corrected chi connectivity index (χ1v) is 6.48. The second-order valence-electron chi connectivity index (χ2n) is 4.77. The molecule has 1 unspecified atom stereocenters. The van der Waals surface area contributed by atoms with Gasteiger partial charge in [-0.3, -0.25) is 0 Å². The van der Waals surface area contributed by atoms with Crippen LogP contribution in [0.1, 0.15) is 29.5 Å². The molecule has 0 saturated heterocycles. The molecule has 4 N–H and O–H groups in total. The van der Waals surface area contributed by atoms with Crippen molar-refractivity contribution in [3.63, 3.8) is 0 Å². The van der Waals surface area contributed by atoms with Crippen LogP contribution in [0.5, 0.6) is 0 Å². The standard InChI is InChI=1S/C15H18N2O3/c1-10(4-6-12-3-2-8-20-12)17-14-9-11(15(18)19)5-7-13(14)16/h2-3,5,7-10,17H,4,6,16H2,1H3,(H,18,19). The molecule has 106 valence electrons. The molecule has 2 aromatic rings. The Morgan fingerprint density at radius 2 is 2.25 bits per heavy atom. The van der Waals surface area contributed by atoms with Gasteiger partial charge in [0, 0.05) is 12.5 Å². The zero-order valence-corrected chi connectivity index (χ0v) is 11.3. The number of nitrogen functional groups attached to an aromatic ring is 1. The van der Waals surface area contributed by atoms with Gasteiger partial charge >= 0.3 is 5.97 Å². The van der Waals surface area contributed by atoms with Crippen molar-refractivity contribution < 1.29 is 14.3 Å². The fourth-order valence-corrected chi connectivity index (χ4v) is 1.97. The van der Waals surface area contributed by atoms with E-state index < -0.39 is 5.97 Å². The predicted molar refractivity (Wildman–Crippen MR) is 77.9 cm³/mol. The molecule has 5 nitrogen and oxygen atoms in total. The fraction of sp³-hybridized carbons (Fsp3) is 0.267. The minimum absolute atomic E-state index is 0.159. The molecule has 0 saturated carbocycles. The molecule has 1 aromatic carbocycles. The zero-order valence-electron chi connectivity index (χ0n) is 11.3. The summed E-state index contributed by atoms with van der Waals surface area (Å²) in [7, 11) is 0. The van der Waals surface area contributed by atoms with E-state index in [4.69, 9.17) is 15.3 Å². The number of benzene rings is 1. The molecule has 0 radical (unpaired) electrons. The Balaban J connectivity index is 1.98. The lowest BCUT2D eigenvalue weighted by Crippen LogP contribution is -2.17. The molecule has 1 atom stereocenters. The first-order chi connectivity index (χ1) is 9.56. The van der Waals surface area contributed by atoms with Crippen molar-refractivity contribution in [1.29, 1.82) is 0 Å². The van der Waals surface area contributed by atoms with Crippen molar-refractivity contribution >= 4 is 17.3 Å². The van der Waals surface area contributed by atoms with Crippen LogP contribution in [0.15, 0.2) is 41.0 Å². The van der Waals surface area contributed by atoms with Crippen LogP contribution in [0.4, 0.5) is 11.4 Å². The number of nitrogens with one attached hydrogen (secondary N) is 1. The van der Waals surface area contributed by atoms with Crippen LogP contribution in [0.3, 0.4) is 0 Å². The van der Waals surface area contributed by atoms with Crippen LogP contribution in [-0.4, -0.2) is 17.1 Å². The topological polar surface area (TPSA) is 88.5 Å². The molecule has 2 rings (SSSR count). The Morgan fingerprint density at radius 3 is 2.90 bits per heavy atom. The molecule has 1 heterocycles. The van der Waals surface area contributed by atoms with Gasteiger partial charge in [0.15, 0.2) is 0 Å². The van der Waals surface area contributed by atoms with Gasteiger partial charge in [0.2, 0.25) is 0 Å². The fourth-order valence-electron chi connectivity index (χ4n) is 1.97. The number of rotatable bonds is 6. The molecule has 0 amide bonds. The summed E-state index contributed by atoms with van der Waals surface area (Å²) in [4.78, 5) is 11.0. The van der Waals surface area contributed by atoms with Crippen LogP contribution in [0, 0.1) is 0 Å². The Bertz CT molecular complexity index is 579. The summed E-state index contributed by atoms with van der Waals surface area (Å²) in [6.45, 7) is 2.02. The van der Waals surface area contributed by atoms with E-state index in [1.165, 1.54) is 6.07 Å². The van der Waals surface area contributed by atoms with Gasteiger partial charge in [0.25, 0.3) is 0 Å². The molecule has 0 aliphatic rings. The number of carboxylic acid groups (broad SMARTS) is 1. The summed E-state index contributed by atoms with van der Waals surface area (Å²) in [6.07, 6.45) is 3.34. The summed E-state index contributed by atoms with van der Waals surface area (Å²) < 4.78 is 5.28. The molecular weight excluding hydrogens is 256 g/mol. The lowest BCUT2D eigenvalue weighted by Gasteiger charge is -2.16. The van der Waals surface area contributed by atoms with Crippen molar-refractivity contribution in [2.75, 3.05) is 11.1 Å².